The molecule has 0 saturated carbocycles. The van der Waals surface area contributed by atoms with Gasteiger partial charge < -0.3 is 15.8 Å². The van der Waals surface area contributed by atoms with Crippen LogP contribution >= 0.6 is 0 Å². The monoisotopic (exact) mass is 285 g/mol. The Hall–Kier alpha value is -2.13. The molecule has 0 bridgehead atoms. The first-order chi connectivity index (χ1) is 10.3. The number of unbranched alkanes of at least 4 members (excludes halogenated alkanes) is 2. The second kappa shape index (κ2) is 10.6. The number of carbonyl (C=O) groups is 1. The molecule has 1 aromatic carbocycles. The Balaban J connectivity index is 2.37. The summed E-state index contributed by atoms with van der Waals surface area (Å²) in [5.41, 5.74) is 8.74. The minimum atomic E-state index is 0.669. The molecule has 0 aliphatic rings. The second-order valence-corrected chi connectivity index (χ2v) is 4.83. The minimum Gasteiger partial charge on any atom is -0.399 e. The lowest BCUT2D eigenvalue weighted by Crippen LogP contribution is -2.78. The third-order valence-electron chi connectivity index (χ3n) is 3.11. The van der Waals surface area contributed by atoms with Gasteiger partial charge in [-0.2, -0.15) is 0 Å². The van der Waals surface area contributed by atoms with Crippen LogP contribution in [0, 0.1) is 0 Å². The molecule has 1 rings (SSSR count). The molecule has 0 fully saturated rings. The summed E-state index contributed by atoms with van der Waals surface area (Å²) in [5.74, 6) is 0. The van der Waals surface area contributed by atoms with E-state index in [0.717, 1.165) is 42.5 Å². The van der Waals surface area contributed by atoms with Crippen molar-refractivity contribution in [3.63, 3.8) is 0 Å². The Kier molecular flexibility index (Phi) is 8.57. The summed E-state index contributed by atoms with van der Waals surface area (Å²) < 4.78 is 0. The Bertz CT molecular complexity index is 498. The average molecular weight is 285 g/mol. The normalized spacial score (nSPS) is 12.3. The summed E-state index contributed by atoms with van der Waals surface area (Å²) in [5, 5.41) is 2.14. The van der Waals surface area contributed by atoms with Gasteiger partial charge in [-0.1, -0.05) is 30.4 Å². The van der Waals surface area contributed by atoms with E-state index in [9.17, 15) is 4.79 Å². The highest BCUT2D eigenvalue weighted by molar-refractivity contribution is 5.57. The first-order valence-corrected chi connectivity index (χ1v) is 7.39. The van der Waals surface area contributed by atoms with Gasteiger partial charge >= 0.3 is 0 Å². The quantitative estimate of drug-likeness (QED) is 0.317. The average Bonchev–Trinajstić information content (AvgIpc) is 2.51. The van der Waals surface area contributed by atoms with E-state index in [2.05, 4.69) is 35.8 Å². The van der Waals surface area contributed by atoms with Crippen LogP contribution < -0.4 is 11.1 Å². The molecule has 1 aromatic rings. The van der Waals surface area contributed by atoms with Crippen molar-refractivity contribution in [2.45, 2.75) is 26.2 Å². The molecule has 0 aliphatic heterocycles. The molecule has 0 radical (unpaired) electrons. The highest BCUT2D eigenvalue weighted by atomic mass is 16.1. The van der Waals surface area contributed by atoms with Crippen molar-refractivity contribution in [3.8, 4) is 0 Å². The lowest BCUT2D eigenvalue weighted by atomic mass is 10.1. The van der Waals surface area contributed by atoms with E-state index in [0.29, 0.717) is 6.42 Å². The van der Waals surface area contributed by atoms with Crippen LogP contribution in [0.1, 0.15) is 31.7 Å². The SMILES string of the molecule is C/C=C(\C=C/[NH2+]CCCCC=O)/C=C/c1ccc(N)cc1. The molecule has 0 amide bonds. The van der Waals surface area contributed by atoms with Gasteiger partial charge in [0.2, 0.25) is 0 Å². The zero-order chi connectivity index (χ0) is 15.3. The topological polar surface area (TPSA) is 59.7 Å². The lowest BCUT2D eigenvalue weighted by molar-refractivity contribution is -0.588. The molecule has 3 heteroatoms. The summed E-state index contributed by atoms with van der Waals surface area (Å²) in [4.78, 5) is 10.2. The van der Waals surface area contributed by atoms with Gasteiger partial charge in [-0.15, -0.1) is 0 Å². The Labute approximate surface area is 127 Å². The van der Waals surface area contributed by atoms with Crippen molar-refractivity contribution in [1.82, 2.24) is 0 Å². The van der Waals surface area contributed by atoms with Crippen LogP contribution in [-0.2, 0) is 4.79 Å². The molecule has 3 nitrogen and oxygen atoms in total. The summed E-state index contributed by atoms with van der Waals surface area (Å²) in [6, 6.07) is 7.81. The molecule has 0 saturated heterocycles. The highest BCUT2D eigenvalue weighted by Gasteiger charge is 1.90. The van der Waals surface area contributed by atoms with Gasteiger partial charge in [0.1, 0.15) is 6.29 Å². The van der Waals surface area contributed by atoms with E-state index in [4.69, 9.17) is 5.73 Å². The number of hydrogen-bond acceptors (Lipinski definition) is 2. The number of aldehydes is 1. The molecular weight excluding hydrogens is 260 g/mol. The van der Waals surface area contributed by atoms with Crippen LogP contribution in [0.4, 0.5) is 5.69 Å². The predicted molar refractivity (Wildman–Crippen MR) is 89.5 cm³/mol. The van der Waals surface area contributed by atoms with Crippen molar-refractivity contribution >= 4 is 18.0 Å². The Morgan fingerprint density at radius 3 is 2.62 bits per heavy atom. The van der Waals surface area contributed by atoms with Crippen LogP contribution in [0.3, 0.4) is 0 Å². The summed E-state index contributed by atoms with van der Waals surface area (Å²) in [7, 11) is 0. The summed E-state index contributed by atoms with van der Waals surface area (Å²) in [6.45, 7) is 3.04. The molecule has 0 heterocycles. The number of carbonyl (C=O) groups excluding carboxylic acids is 1. The largest absolute Gasteiger partial charge is 0.399 e. The fourth-order valence-electron chi connectivity index (χ4n) is 1.81. The molecule has 0 spiro atoms. The van der Waals surface area contributed by atoms with Crippen LogP contribution in [0.2, 0.25) is 0 Å². The number of allylic oxidation sites excluding steroid dienone is 4. The van der Waals surface area contributed by atoms with Crippen LogP contribution in [0.15, 0.2) is 54.3 Å². The number of nitrogen functional groups attached to an aromatic ring is 1. The Morgan fingerprint density at radius 1 is 1.19 bits per heavy atom. The highest BCUT2D eigenvalue weighted by Crippen LogP contribution is 2.09. The summed E-state index contributed by atoms with van der Waals surface area (Å²) in [6.07, 6.45) is 14.1. The zero-order valence-electron chi connectivity index (χ0n) is 12.7. The number of nitrogens with two attached hydrogens (primary N) is 2. The maximum absolute atomic E-state index is 10.2. The maximum atomic E-state index is 10.2. The zero-order valence-corrected chi connectivity index (χ0v) is 12.7. The van der Waals surface area contributed by atoms with E-state index in [1.54, 1.807) is 0 Å². The molecule has 4 N–H and O–H groups in total. The molecule has 21 heavy (non-hydrogen) atoms. The molecule has 0 unspecified atom stereocenters. The van der Waals surface area contributed by atoms with Crippen molar-refractivity contribution in [2.75, 3.05) is 12.3 Å². The summed E-state index contributed by atoms with van der Waals surface area (Å²) >= 11 is 0. The molecular formula is C18H25N2O+. The van der Waals surface area contributed by atoms with Gasteiger partial charge in [0.05, 0.1) is 12.7 Å². The van der Waals surface area contributed by atoms with E-state index >= 15 is 0 Å². The van der Waals surface area contributed by atoms with Crippen molar-refractivity contribution in [2.24, 2.45) is 0 Å². The van der Waals surface area contributed by atoms with Gasteiger partial charge in [0, 0.05) is 12.1 Å². The van der Waals surface area contributed by atoms with Gasteiger partial charge in [-0.3, -0.25) is 0 Å². The smallest absolute Gasteiger partial charge is 0.119 e. The molecule has 0 aromatic heterocycles. The van der Waals surface area contributed by atoms with E-state index < -0.39 is 0 Å². The van der Waals surface area contributed by atoms with E-state index in [-0.39, 0.29) is 0 Å². The molecule has 0 atom stereocenters. The number of hydrogen-bond donors (Lipinski definition) is 2. The first-order valence-electron chi connectivity index (χ1n) is 7.39. The van der Waals surface area contributed by atoms with E-state index in [1.165, 1.54) is 0 Å². The fourth-order valence-corrected chi connectivity index (χ4v) is 1.81. The third-order valence-corrected chi connectivity index (χ3v) is 3.11. The number of rotatable bonds is 9. The Morgan fingerprint density at radius 2 is 1.95 bits per heavy atom. The van der Waals surface area contributed by atoms with Gasteiger partial charge in [0.15, 0.2) is 0 Å². The predicted octanol–water partition coefficient (Wildman–Crippen LogP) is 2.67. The first kappa shape index (κ1) is 16.9. The van der Waals surface area contributed by atoms with Crippen molar-refractivity contribution < 1.29 is 10.1 Å². The maximum Gasteiger partial charge on any atom is 0.119 e. The lowest BCUT2D eigenvalue weighted by Gasteiger charge is -1.96. The minimum absolute atomic E-state index is 0.669. The van der Waals surface area contributed by atoms with Gasteiger partial charge in [-0.05, 0) is 49.1 Å². The molecule has 112 valence electrons. The van der Waals surface area contributed by atoms with Crippen LogP contribution in [0.25, 0.3) is 6.08 Å². The van der Waals surface area contributed by atoms with Gasteiger partial charge in [0.25, 0.3) is 0 Å². The van der Waals surface area contributed by atoms with Gasteiger partial charge in [-0.25, -0.2) is 0 Å². The third kappa shape index (κ3) is 7.90. The van der Waals surface area contributed by atoms with E-state index in [1.807, 2.05) is 31.2 Å². The number of benzene rings is 1. The van der Waals surface area contributed by atoms with Crippen LogP contribution in [0.5, 0.6) is 0 Å². The molecule has 0 aliphatic carbocycles. The number of quaternary nitrogens is 1. The second-order valence-electron chi connectivity index (χ2n) is 4.83. The van der Waals surface area contributed by atoms with Crippen molar-refractivity contribution in [1.29, 1.82) is 0 Å². The van der Waals surface area contributed by atoms with Crippen LogP contribution in [-0.4, -0.2) is 12.8 Å². The van der Waals surface area contributed by atoms with Crippen molar-refractivity contribution in [3.05, 3.63) is 59.8 Å². The standard InChI is InChI=1S/C18H24N2O/c1-2-16(12-14-20-13-4-3-5-15-21)6-7-17-8-10-18(19)11-9-17/h2,6-12,14-15,20H,3-5,13,19H2,1H3/p+1/b7-6+,14-12-,16-2-. The fraction of sp³-hybridized carbons (Fsp3) is 0.278. The number of anilines is 1.